The van der Waals surface area contributed by atoms with E-state index in [9.17, 15) is 14.4 Å². The van der Waals surface area contributed by atoms with E-state index in [1.165, 1.54) is 7.11 Å². The van der Waals surface area contributed by atoms with Crippen molar-refractivity contribution in [3.63, 3.8) is 0 Å². The Labute approximate surface area is 180 Å². The first-order chi connectivity index (χ1) is 15.0. The van der Waals surface area contributed by atoms with E-state index in [4.69, 9.17) is 0 Å². The minimum atomic E-state index is -0.434. The number of hydrogen-bond acceptors (Lipinski definition) is 5. The van der Waals surface area contributed by atoms with Crippen molar-refractivity contribution in [3.05, 3.63) is 95.6 Å². The molecule has 0 aliphatic carbocycles. The Morgan fingerprint density at radius 3 is 2.03 bits per heavy atom. The van der Waals surface area contributed by atoms with Crippen LogP contribution in [0.3, 0.4) is 0 Å². The summed E-state index contributed by atoms with van der Waals surface area (Å²) in [5.41, 5.74) is 3.27. The van der Waals surface area contributed by atoms with E-state index >= 15 is 0 Å². The van der Waals surface area contributed by atoms with Crippen LogP contribution in [0.1, 0.15) is 26.3 Å². The smallest absolute Gasteiger partial charge is 0.337 e. The summed E-state index contributed by atoms with van der Waals surface area (Å²) in [5.74, 6) is -0.837. The fraction of sp³-hybridized carbons (Fsp3) is 0.125. The monoisotopic (exact) mass is 417 g/mol. The van der Waals surface area contributed by atoms with Crippen LogP contribution in [0, 0.1) is 0 Å². The standard InChI is InChI=1S/C24H23N3O4/c1-31-24(30)19-9-13-21(14-10-19)27-22(28)16-25-20-11-7-18(8-12-20)23(29)26-15-17-5-3-2-4-6-17/h2-14,25H,15-16H2,1H3,(H,26,29)(H,27,28). The third kappa shape index (κ3) is 6.43. The average Bonchev–Trinajstić information content (AvgIpc) is 2.82. The molecule has 7 heteroatoms. The highest BCUT2D eigenvalue weighted by molar-refractivity contribution is 5.96. The number of benzene rings is 3. The van der Waals surface area contributed by atoms with Crippen LogP contribution in [-0.4, -0.2) is 31.4 Å². The molecule has 7 nitrogen and oxygen atoms in total. The molecule has 0 saturated heterocycles. The van der Waals surface area contributed by atoms with Gasteiger partial charge in [-0.05, 0) is 54.1 Å². The zero-order chi connectivity index (χ0) is 22.1. The number of nitrogens with one attached hydrogen (secondary N) is 3. The summed E-state index contributed by atoms with van der Waals surface area (Å²) in [5, 5.41) is 8.62. The molecule has 3 aromatic carbocycles. The number of esters is 1. The molecular formula is C24H23N3O4. The molecule has 0 heterocycles. The highest BCUT2D eigenvalue weighted by Crippen LogP contribution is 2.12. The van der Waals surface area contributed by atoms with Gasteiger partial charge in [-0.15, -0.1) is 0 Å². The van der Waals surface area contributed by atoms with E-state index in [2.05, 4.69) is 20.7 Å². The molecule has 0 bridgehead atoms. The van der Waals surface area contributed by atoms with Crippen molar-refractivity contribution in [2.45, 2.75) is 6.54 Å². The summed E-state index contributed by atoms with van der Waals surface area (Å²) >= 11 is 0. The van der Waals surface area contributed by atoms with Crippen LogP contribution < -0.4 is 16.0 Å². The minimum absolute atomic E-state index is 0.0539. The first kappa shape index (κ1) is 21.6. The number of carbonyl (C=O) groups excluding carboxylic acids is 3. The van der Waals surface area contributed by atoms with Gasteiger partial charge in [-0.25, -0.2) is 4.79 Å². The fourth-order valence-corrected chi connectivity index (χ4v) is 2.81. The summed E-state index contributed by atoms with van der Waals surface area (Å²) in [7, 11) is 1.31. The Balaban J connectivity index is 1.45. The lowest BCUT2D eigenvalue weighted by Gasteiger charge is -2.09. The molecule has 0 spiro atoms. The van der Waals surface area contributed by atoms with Gasteiger partial charge in [0.25, 0.3) is 5.91 Å². The lowest BCUT2D eigenvalue weighted by molar-refractivity contribution is -0.114. The average molecular weight is 417 g/mol. The van der Waals surface area contributed by atoms with Crippen LogP contribution in [-0.2, 0) is 16.1 Å². The third-order valence-corrected chi connectivity index (χ3v) is 4.49. The molecule has 31 heavy (non-hydrogen) atoms. The number of ether oxygens (including phenoxy) is 1. The lowest BCUT2D eigenvalue weighted by Crippen LogP contribution is -2.23. The highest BCUT2D eigenvalue weighted by atomic mass is 16.5. The van der Waals surface area contributed by atoms with E-state index in [-0.39, 0.29) is 18.4 Å². The van der Waals surface area contributed by atoms with E-state index in [0.29, 0.717) is 23.4 Å². The van der Waals surface area contributed by atoms with Crippen molar-refractivity contribution >= 4 is 29.2 Å². The number of anilines is 2. The number of carbonyl (C=O) groups is 3. The van der Waals surface area contributed by atoms with Crippen LogP contribution in [0.15, 0.2) is 78.9 Å². The molecule has 0 fully saturated rings. The van der Waals surface area contributed by atoms with Crippen LogP contribution >= 0.6 is 0 Å². The van der Waals surface area contributed by atoms with Crippen molar-refractivity contribution < 1.29 is 19.1 Å². The molecule has 0 radical (unpaired) electrons. The molecule has 0 unspecified atom stereocenters. The molecule has 0 aromatic heterocycles. The second-order valence-corrected chi connectivity index (χ2v) is 6.72. The van der Waals surface area contributed by atoms with Gasteiger partial charge in [-0.3, -0.25) is 9.59 Å². The van der Waals surface area contributed by atoms with Gasteiger partial charge in [-0.1, -0.05) is 30.3 Å². The molecular weight excluding hydrogens is 394 g/mol. The first-order valence-corrected chi connectivity index (χ1v) is 9.69. The van der Waals surface area contributed by atoms with Gasteiger partial charge in [-0.2, -0.15) is 0 Å². The van der Waals surface area contributed by atoms with E-state index in [1.54, 1.807) is 48.5 Å². The maximum absolute atomic E-state index is 12.3. The maximum Gasteiger partial charge on any atom is 0.337 e. The summed E-state index contributed by atoms with van der Waals surface area (Å²) in [6.07, 6.45) is 0. The predicted octanol–water partition coefficient (Wildman–Crippen LogP) is 3.45. The fourth-order valence-electron chi connectivity index (χ4n) is 2.81. The quantitative estimate of drug-likeness (QED) is 0.488. The molecule has 0 aliphatic rings. The van der Waals surface area contributed by atoms with Gasteiger partial charge in [0.1, 0.15) is 0 Å². The molecule has 2 amide bonds. The van der Waals surface area contributed by atoms with Gasteiger partial charge in [0.15, 0.2) is 0 Å². The van der Waals surface area contributed by atoms with Crippen LogP contribution in [0.25, 0.3) is 0 Å². The van der Waals surface area contributed by atoms with Crippen LogP contribution in [0.5, 0.6) is 0 Å². The molecule has 0 atom stereocenters. The highest BCUT2D eigenvalue weighted by Gasteiger charge is 2.08. The summed E-state index contributed by atoms with van der Waals surface area (Å²) in [4.78, 5) is 35.8. The van der Waals surface area contributed by atoms with Crippen molar-refractivity contribution in [1.29, 1.82) is 0 Å². The molecule has 3 aromatic rings. The topological polar surface area (TPSA) is 96.5 Å². The van der Waals surface area contributed by atoms with E-state index < -0.39 is 5.97 Å². The third-order valence-electron chi connectivity index (χ3n) is 4.49. The number of methoxy groups -OCH3 is 1. The van der Waals surface area contributed by atoms with Gasteiger partial charge < -0.3 is 20.7 Å². The van der Waals surface area contributed by atoms with Gasteiger partial charge in [0, 0.05) is 23.5 Å². The Morgan fingerprint density at radius 1 is 0.774 bits per heavy atom. The second-order valence-electron chi connectivity index (χ2n) is 6.72. The van der Waals surface area contributed by atoms with Crippen molar-refractivity contribution in [3.8, 4) is 0 Å². The number of amides is 2. The molecule has 3 rings (SSSR count). The molecule has 0 aliphatic heterocycles. The normalized spacial score (nSPS) is 10.1. The second kappa shape index (κ2) is 10.6. The van der Waals surface area contributed by atoms with Crippen molar-refractivity contribution in [1.82, 2.24) is 5.32 Å². The van der Waals surface area contributed by atoms with Crippen molar-refractivity contribution in [2.24, 2.45) is 0 Å². The maximum atomic E-state index is 12.3. The number of rotatable bonds is 8. The van der Waals surface area contributed by atoms with Crippen molar-refractivity contribution in [2.75, 3.05) is 24.3 Å². The summed E-state index contributed by atoms with van der Waals surface area (Å²) < 4.78 is 4.64. The Morgan fingerprint density at radius 2 is 1.39 bits per heavy atom. The Hall–Kier alpha value is -4.13. The molecule has 0 saturated carbocycles. The van der Waals surface area contributed by atoms with Gasteiger partial charge in [0.05, 0.1) is 19.2 Å². The Bertz CT molecular complexity index is 1030. The first-order valence-electron chi connectivity index (χ1n) is 9.69. The minimum Gasteiger partial charge on any atom is -0.465 e. The van der Waals surface area contributed by atoms with E-state index in [0.717, 1.165) is 11.3 Å². The van der Waals surface area contributed by atoms with E-state index in [1.807, 2.05) is 30.3 Å². The number of hydrogen-bond donors (Lipinski definition) is 3. The summed E-state index contributed by atoms with van der Waals surface area (Å²) in [6.45, 7) is 0.513. The predicted molar refractivity (Wildman–Crippen MR) is 119 cm³/mol. The van der Waals surface area contributed by atoms with Gasteiger partial charge >= 0.3 is 5.97 Å². The Kier molecular flexibility index (Phi) is 7.37. The van der Waals surface area contributed by atoms with Gasteiger partial charge in [0.2, 0.25) is 5.91 Å². The lowest BCUT2D eigenvalue weighted by atomic mass is 10.1. The van der Waals surface area contributed by atoms with Crippen LogP contribution in [0.4, 0.5) is 11.4 Å². The molecule has 158 valence electrons. The van der Waals surface area contributed by atoms with Crippen LogP contribution in [0.2, 0.25) is 0 Å². The zero-order valence-corrected chi connectivity index (χ0v) is 17.1. The molecule has 3 N–H and O–H groups in total. The largest absolute Gasteiger partial charge is 0.465 e. The summed E-state index contributed by atoms with van der Waals surface area (Å²) in [6, 6.07) is 23.0. The zero-order valence-electron chi connectivity index (χ0n) is 17.1. The SMILES string of the molecule is COC(=O)c1ccc(NC(=O)CNc2ccc(C(=O)NCc3ccccc3)cc2)cc1.